The van der Waals surface area contributed by atoms with Gasteiger partial charge in [-0.25, -0.2) is 9.97 Å². The third-order valence-electron chi connectivity index (χ3n) is 7.19. The van der Waals surface area contributed by atoms with E-state index in [0.717, 1.165) is 34.2 Å². The third-order valence-corrected chi connectivity index (χ3v) is 7.69. The Morgan fingerprint density at radius 1 is 0.952 bits per heavy atom. The number of aromatic nitrogens is 2. The summed E-state index contributed by atoms with van der Waals surface area (Å²) in [6.07, 6.45) is 6.36. The lowest BCUT2D eigenvalue weighted by molar-refractivity contribution is -0.113. The van der Waals surface area contributed by atoms with Crippen molar-refractivity contribution in [2.24, 2.45) is 0 Å². The van der Waals surface area contributed by atoms with Gasteiger partial charge in [0.15, 0.2) is 23.1 Å². The summed E-state index contributed by atoms with van der Waals surface area (Å²) in [5, 5.41) is 4.11. The van der Waals surface area contributed by atoms with Crippen molar-refractivity contribution in [1.82, 2.24) is 9.97 Å². The second-order valence-electron chi connectivity index (χ2n) is 9.77. The van der Waals surface area contributed by atoms with Crippen LogP contribution in [0.15, 0.2) is 77.6 Å². The normalized spacial score (nSPS) is 14.3. The second kappa shape index (κ2) is 11.8. The summed E-state index contributed by atoms with van der Waals surface area (Å²) in [6, 6.07) is 15.6. The number of hydrogen-bond donors (Lipinski definition) is 1. The molecule has 42 heavy (non-hydrogen) atoms. The summed E-state index contributed by atoms with van der Waals surface area (Å²) >= 11 is 3.56. The summed E-state index contributed by atoms with van der Waals surface area (Å²) < 4.78 is 17.5. The highest BCUT2D eigenvalue weighted by Gasteiger charge is 2.26. The number of benzene rings is 3. The molecule has 4 aromatic rings. The molecule has 0 radical (unpaired) electrons. The number of fused-ring (bicyclic) bond motifs is 2. The molecule has 1 aliphatic carbocycles. The lowest BCUT2D eigenvalue weighted by Gasteiger charge is -2.25. The zero-order chi connectivity index (χ0) is 29.2. The van der Waals surface area contributed by atoms with Gasteiger partial charge in [-0.1, -0.05) is 15.9 Å². The van der Waals surface area contributed by atoms with Crippen LogP contribution in [-0.2, 0) is 20.7 Å². The predicted octanol–water partition coefficient (Wildman–Crippen LogP) is 5.96. The highest BCUT2D eigenvalue weighted by molar-refractivity contribution is 9.10. The van der Waals surface area contributed by atoms with Gasteiger partial charge in [-0.3, -0.25) is 9.59 Å². The Balaban J connectivity index is 1.41. The molecule has 0 spiro atoms. The minimum absolute atomic E-state index is 0.221. The minimum Gasteiger partial charge on any atom is -0.493 e. The minimum atomic E-state index is -0.225. The fourth-order valence-corrected chi connectivity index (χ4v) is 5.62. The number of carbonyl (C=O) groups is 2. The quantitative estimate of drug-likeness (QED) is 0.178. The number of halogens is 1. The van der Waals surface area contributed by atoms with E-state index in [4.69, 9.17) is 14.2 Å². The van der Waals surface area contributed by atoms with Gasteiger partial charge in [0, 0.05) is 57.8 Å². The van der Waals surface area contributed by atoms with E-state index in [0.29, 0.717) is 52.9 Å². The van der Waals surface area contributed by atoms with Crippen LogP contribution >= 0.6 is 15.9 Å². The van der Waals surface area contributed by atoms with Crippen molar-refractivity contribution < 1.29 is 23.8 Å². The van der Waals surface area contributed by atoms with Crippen LogP contribution in [0, 0.1) is 0 Å². The van der Waals surface area contributed by atoms with Gasteiger partial charge in [0.1, 0.15) is 18.8 Å². The largest absolute Gasteiger partial charge is 0.493 e. The van der Waals surface area contributed by atoms with Crippen LogP contribution in [-0.4, -0.2) is 55.5 Å². The maximum Gasteiger partial charge on any atom is 0.186 e. The van der Waals surface area contributed by atoms with Crippen LogP contribution in [0.4, 0.5) is 22.9 Å². The Kier molecular flexibility index (Phi) is 7.73. The molecule has 0 amide bonds. The predicted molar refractivity (Wildman–Crippen MR) is 165 cm³/mol. The second-order valence-corrected chi connectivity index (χ2v) is 10.7. The third kappa shape index (κ3) is 5.38. The summed E-state index contributed by atoms with van der Waals surface area (Å²) in [5.74, 6) is 1.20. The molecular formula is C32H27BrN4O5. The van der Waals surface area contributed by atoms with E-state index in [-0.39, 0.29) is 11.6 Å². The zero-order valence-electron chi connectivity index (χ0n) is 23.0. The van der Waals surface area contributed by atoms with Gasteiger partial charge < -0.3 is 24.4 Å². The van der Waals surface area contributed by atoms with Crippen molar-refractivity contribution in [1.29, 1.82) is 0 Å². The van der Waals surface area contributed by atoms with E-state index in [2.05, 4.69) is 48.2 Å². The molecule has 0 atom stereocenters. The first-order chi connectivity index (χ1) is 20.4. The molecule has 1 N–H and O–H groups in total. The number of hydrogen-bond acceptors (Lipinski definition) is 9. The van der Waals surface area contributed by atoms with Crippen molar-refractivity contribution in [3.05, 3.63) is 88.7 Å². The monoisotopic (exact) mass is 626 g/mol. The van der Waals surface area contributed by atoms with E-state index >= 15 is 0 Å². The number of anilines is 4. The van der Waals surface area contributed by atoms with Gasteiger partial charge in [-0.15, -0.1) is 0 Å². The standard InChI is InChI=1S/C32H27BrN4O5/c1-40-11-12-42-31-17-26-25(16-30(31)41-2)32(35-18-34-26)36-21-4-7-28(23(14-21)24-15-22(38)5-8-29(24)39)37-10-9-19-13-20(33)3-6-27(19)37/h3-8,13-18H,9-12H2,1-2H3,(H,34,35,36). The Bertz CT molecular complexity index is 1780. The smallest absolute Gasteiger partial charge is 0.186 e. The van der Waals surface area contributed by atoms with Gasteiger partial charge in [0.2, 0.25) is 0 Å². The number of rotatable bonds is 9. The average Bonchev–Trinajstić information content (AvgIpc) is 3.41. The first kappa shape index (κ1) is 27.6. The number of methoxy groups -OCH3 is 2. The number of ketones is 2. The van der Waals surface area contributed by atoms with Gasteiger partial charge in [-0.2, -0.15) is 0 Å². The zero-order valence-corrected chi connectivity index (χ0v) is 24.6. The molecule has 2 aliphatic rings. The summed E-state index contributed by atoms with van der Waals surface area (Å²) in [6.45, 7) is 1.56. The number of nitrogens with one attached hydrogen (secondary N) is 1. The molecule has 0 unspecified atom stereocenters. The van der Waals surface area contributed by atoms with Crippen LogP contribution < -0.4 is 19.7 Å². The van der Waals surface area contributed by atoms with Gasteiger partial charge in [-0.05, 0) is 72.7 Å². The number of allylic oxidation sites excluding steroid dienone is 4. The maximum atomic E-state index is 13.0. The van der Waals surface area contributed by atoms with E-state index < -0.39 is 0 Å². The topological polar surface area (TPSA) is 103 Å². The van der Waals surface area contributed by atoms with Gasteiger partial charge >= 0.3 is 0 Å². The summed E-state index contributed by atoms with van der Waals surface area (Å²) in [4.78, 5) is 36.5. The van der Waals surface area contributed by atoms with Crippen LogP contribution in [0.5, 0.6) is 11.5 Å². The lowest BCUT2D eigenvalue weighted by atomic mass is 9.94. The fraction of sp³-hybridized carbons (Fsp3) is 0.188. The molecule has 0 fully saturated rings. The molecule has 0 bridgehead atoms. The first-order valence-electron chi connectivity index (χ1n) is 13.3. The van der Waals surface area contributed by atoms with Gasteiger partial charge in [0.05, 0.1) is 19.2 Å². The maximum absolute atomic E-state index is 13.0. The molecule has 2 heterocycles. The Morgan fingerprint density at radius 2 is 1.81 bits per heavy atom. The molecule has 0 saturated carbocycles. The molecule has 0 saturated heterocycles. The van der Waals surface area contributed by atoms with E-state index in [1.807, 2.05) is 30.3 Å². The van der Waals surface area contributed by atoms with E-state index in [9.17, 15) is 9.59 Å². The lowest BCUT2D eigenvalue weighted by Crippen LogP contribution is -2.17. The van der Waals surface area contributed by atoms with Crippen LogP contribution in [0.25, 0.3) is 16.5 Å². The fourth-order valence-electron chi connectivity index (χ4n) is 5.21. The van der Waals surface area contributed by atoms with Crippen molar-refractivity contribution in [2.45, 2.75) is 6.42 Å². The first-order valence-corrected chi connectivity index (χ1v) is 14.1. The van der Waals surface area contributed by atoms with Crippen molar-refractivity contribution in [3.8, 4) is 11.5 Å². The van der Waals surface area contributed by atoms with Crippen molar-refractivity contribution in [2.75, 3.05) is 44.2 Å². The Morgan fingerprint density at radius 3 is 2.64 bits per heavy atom. The number of ether oxygens (including phenoxy) is 3. The molecule has 1 aliphatic heterocycles. The Labute approximate surface area is 250 Å². The molecule has 1 aromatic heterocycles. The molecule has 10 heteroatoms. The molecule has 3 aromatic carbocycles. The number of nitrogens with zero attached hydrogens (tertiary/aromatic N) is 3. The van der Waals surface area contributed by atoms with Gasteiger partial charge in [0.25, 0.3) is 0 Å². The highest BCUT2D eigenvalue weighted by Crippen LogP contribution is 2.42. The highest BCUT2D eigenvalue weighted by atomic mass is 79.9. The SMILES string of the molecule is COCCOc1cc2ncnc(Nc3ccc(N4CCc5cc(Br)ccc54)c(C4=CC(=O)C=CC4=O)c3)c2cc1OC. The van der Waals surface area contributed by atoms with E-state index in [1.165, 1.54) is 30.1 Å². The van der Waals surface area contributed by atoms with Crippen LogP contribution in [0.2, 0.25) is 0 Å². The Hall–Kier alpha value is -4.54. The number of carbonyl (C=O) groups excluding carboxylic acids is 2. The molecule has 9 nitrogen and oxygen atoms in total. The average molecular weight is 627 g/mol. The van der Waals surface area contributed by atoms with Crippen LogP contribution in [0.1, 0.15) is 11.1 Å². The summed E-state index contributed by atoms with van der Waals surface area (Å²) in [5.41, 5.74) is 5.49. The van der Waals surface area contributed by atoms with Crippen molar-refractivity contribution in [3.63, 3.8) is 0 Å². The van der Waals surface area contributed by atoms with E-state index in [1.54, 1.807) is 20.3 Å². The molecule has 212 valence electrons. The van der Waals surface area contributed by atoms with Crippen molar-refractivity contribution >= 4 is 66.9 Å². The summed E-state index contributed by atoms with van der Waals surface area (Å²) in [7, 11) is 3.19. The molecule has 6 rings (SSSR count). The molecular weight excluding hydrogens is 600 g/mol. The van der Waals surface area contributed by atoms with Crippen LogP contribution in [0.3, 0.4) is 0 Å².